The van der Waals surface area contributed by atoms with Crippen molar-refractivity contribution in [2.45, 2.75) is 31.5 Å². The molecule has 22 heavy (non-hydrogen) atoms. The summed E-state index contributed by atoms with van der Waals surface area (Å²) in [6.07, 6.45) is 3.07. The number of carboxylic acids is 1. The van der Waals surface area contributed by atoms with Crippen molar-refractivity contribution in [3.8, 4) is 0 Å². The molecule has 1 aromatic rings. The van der Waals surface area contributed by atoms with Crippen molar-refractivity contribution in [1.82, 2.24) is 20.6 Å². The SMILES string of the molecule is C[C@H](NC(=O)[C@H](Cc1cnc[nH]1)NC(=O)[C@@H](N)CS)C(=O)O. The molecule has 2 amide bonds. The van der Waals surface area contributed by atoms with Gasteiger partial charge in [-0.05, 0) is 6.92 Å². The molecule has 0 bridgehead atoms. The molecule has 0 saturated carbocycles. The zero-order valence-electron chi connectivity index (χ0n) is 11.9. The van der Waals surface area contributed by atoms with Crippen molar-refractivity contribution in [3.63, 3.8) is 0 Å². The van der Waals surface area contributed by atoms with Crippen LogP contribution in [0.2, 0.25) is 0 Å². The highest BCUT2D eigenvalue weighted by Crippen LogP contribution is 2.01. The molecule has 0 radical (unpaired) electrons. The zero-order chi connectivity index (χ0) is 16.7. The number of carboxylic acid groups (broad SMARTS) is 1. The molecule has 6 N–H and O–H groups in total. The molecule has 0 unspecified atom stereocenters. The molecule has 1 aromatic heterocycles. The number of amides is 2. The third-order valence-electron chi connectivity index (χ3n) is 2.87. The Kier molecular flexibility index (Phi) is 6.86. The summed E-state index contributed by atoms with van der Waals surface area (Å²) in [5.41, 5.74) is 6.17. The molecule has 9 nitrogen and oxygen atoms in total. The number of aromatic amines is 1. The largest absolute Gasteiger partial charge is 0.480 e. The summed E-state index contributed by atoms with van der Waals surface area (Å²) in [5.74, 6) is -2.22. The van der Waals surface area contributed by atoms with Gasteiger partial charge in [0, 0.05) is 24.1 Å². The lowest BCUT2D eigenvalue weighted by Gasteiger charge is -2.21. The van der Waals surface area contributed by atoms with Gasteiger partial charge in [-0.1, -0.05) is 0 Å². The van der Waals surface area contributed by atoms with Crippen molar-refractivity contribution in [2.75, 3.05) is 5.75 Å². The van der Waals surface area contributed by atoms with E-state index in [9.17, 15) is 14.4 Å². The molecule has 0 aliphatic carbocycles. The summed E-state index contributed by atoms with van der Waals surface area (Å²) in [6.45, 7) is 1.33. The fourth-order valence-electron chi connectivity index (χ4n) is 1.56. The van der Waals surface area contributed by atoms with E-state index in [0.29, 0.717) is 5.69 Å². The normalized spacial score (nSPS) is 14.7. The highest BCUT2D eigenvalue weighted by molar-refractivity contribution is 7.80. The number of imidazole rings is 1. The number of aromatic nitrogens is 2. The number of carbonyl (C=O) groups excluding carboxylic acids is 2. The summed E-state index contributed by atoms with van der Waals surface area (Å²) >= 11 is 3.92. The highest BCUT2D eigenvalue weighted by Gasteiger charge is 2.26. The van der Waals surface area contributed by atoms with Crippen molar-refractivity contribution < 1.29 is 19.5 Å². The second kappa shape index (κ2) is 8.39. The molecule has 0 saturated heterocycles. The van der Waals surface area contributed by atoms with Crippen LogP contribution in [-0.2, 0) is 20.8 Å². The number of thiol groups is 1. The van der Waals surface area contributed by atoms with Gasteiger partial charge in [0.15, 0.2) is 0 Å². The number of carbonyl (C=O) groups is 3. The van der Waals surface area contributed by atoms with Crippen LogP contribution in [0, 0.1) is 0 Å². The van der Waals surface area contributed by atoms with Crippen LogP contribution in [0.4, 0.5) is 0 Å². The predicted molar refractivity (Wildman–Crippen MR) is 81.3 cm³/mol. The molecule has 10 heteroatoms. The van der Waals surface area contributed by atoms with Crippen LogP contribution >= 0.6 is 12.6 Å². The van der Waals surface area contributed by atoms with Crippen molar-refractivity contribution >= 4 is 30.4 Å². The number of nitrogens with zero attached hydrogens (tertiary/aromatic N) is 1. The van der Waals surface area contributed by atoms with Gasteiger partial charge >= 0.3 is 5.97 Å². The van der Waals surface area contributed by atoms with E-state index in [2.05, 4.69) is 33.2 Å². The molecule has 3 atom stereocenters. The standard InChI is InChI=1S/C12H19N5O4S/c1-6(12(20)21)16-11(19)9(2-7-3-14-5-15-7)17-10(18)8(13)4-22/h3,5-6,8-9,22H,2,4,13H2,1H3,(H,14,15)(H,16,19)(H,17,18)(H,20,21)/t6-,8-,9-/m0/s1. The maximum atomic E-state index is 12.1. The average Bonchev–Trinajstić information content (AvgIpc) is 2.98. The molecule has 0 aromatic carbocycles. The van der Waals surface area contributed by atoms with E-state index < -0.39 is 35.9 Å². The minimum absolute atomic E-state index is 0.121. The first kappa shape index (κ1) is 18.0. The zero-order valence-corrected chi connectivity index (χ0v) is 12.8. The lowest BCUT2D eigenvalue weighted by Crippen LogP contribution is -2.55. The van der Waals surface area contributed by atoms with E-state index in [1.54, 1.807) is 0 Å². The number of aliphatic carboxylic acids is 1. The van der Waals surface area contributed by atoms with Crippen molar-refractivity contribution in [3.05, 3.63) is 18.2 Å². The Morgan fingerprint density at radius 1 is 1.41 bits per heavy atom. The molecule has 0 fully saturated rings. The summed E-state index contributed by atoms with van der Waals surface area (Å²) in [4.78, 5) is 41.4. The summed E-state index contributed by atoms with van der Waals surface area (Å²) in [7, 11) is 0. The molecule has 1 heterocycles. The van der Waals surface area contributed by atoms with Gasteiger partial charge in [0.25, 0.3) is 0 Å². The minimum atomic E-state index is -1.17. The molecule has 1 rings (SSSR count). The van der Waals surface area contributed by atoms with Crippen molar-refractivity contribution in [1.29, 1.82) is 0 Å². The number of hydrogen-bond donors (Lipinski definition) is 6. The third-order valence-corrected chi connectivity index (χ3v) is 3.27. The van der Waals surface area contributed by atoms with Crippen LogP contribution in [0.5, 0.6) is 0 Å². The van der Waals surface area contributed by atoms with Crippen LogP contribution in [0.25, 0.3) is 0 Å². The molecule has 0 spiro atoms. The fraction of sp³-hybridized carbons (Fsp3) is 0.500. The monoisotopic (exact) mass is 329 g/mol. The predicted octanol–water partition coefficient (Wildman–Crippen LogP) is -1.72. The van der Waals surface area contributed by atoms with Gasteiger partial charge in [-0.15, -0.1) is 0 Å². The van der Waals surface area contributed by atoms with Crippen LogP contribution in [0.3, 0.4) is 0 Å². The van der Waals surface area contributed by atoms with Gasteiger partial charge in [0.2, 0.25) is 11.8 Å². The Morgan fingerprint density at radius 2 is 2.09 bits per heavy atom. The summed E-state index contributed by atoms with van der Waals surface area (Å²) in [5, 5.41) is 13.6. The van der Waals surface area contributed by atoms with E-state index >= 15 is 0 Å². The number of hydrogen-bond acceptors (Lipinski definition) is 6. The van der Waals surface area contributed by atoms with Gasteiger partial charge in [-0.2, -0.15) is 12.6 Å². The Balaban J connectivity index is 2.78. The highest BCUT2D eigenvalue weighted by atomic mass is 32.1. The van der Waals surface area contributed by atoms with Gasteiger partial charge < -0.3 is 26.5 Å². The average molecular weight is 329 g/mol. The second-order valence-electron chi connectivity index (χ2n) is 4.70. The van der Waals surface area contributed by atoms with E-state index in [0.717, 1.165) is 0 Å². The first-order valence-corrected chi connectivity index (χ1v) is 7.15. The summed E-state index contributed by atoms with van der Waals surface area (Å²) in [6, 6.07) is -2.91. The minimum Gasteiger partial charge on any atom is -0.480 e. The summed E-state index contributed by atoms with van der Waals surface area (Å²) < 4.78 is 0. The smallest absolute Gasteiger partial charge is 0.325 e. The fourth-order valence-corrected chi connectivity index (χ4v) is 1.73. The molecule has 122 valence electrons. The van der Waals surface area contributed by atoms with Gasteiger partial charge in [-0.3, -0.25) is 14.4 Å². The lowest BCUT2D eigenvalue weighted by atomic mass is 10.1. The maximum Gasteiger partial charge on any atom is 0.325 e. The Hall–Kier alpha value is -2.07. The van der Waals surface area contributed by atoms with E-state index in [4.69, 9.17) is 10.8 Å². The molecule has 0 aliphatic rings. The number of nitrogens with two attached hydrogens (primary N) is 1. The first-order valence-electron chi connectivity index (χ1n) is 6.52. The lowest BCUT2D eigenvalue weighted by molar-refractivity contribution is -0.141. The second-order valence-corrected chi connectivity index (χ2v) is 5.06. The van der Waals surface area contributed by atoms with Gasteiger partial charge in [0.1, 0.15) is 12.1 Å². The first-order chi connectivity index (χ1) is 10.3. The van der Waals surface area contributed by atoms with Gasteiger partial charge in [0.05, 0.1) is 12.4 Å². The molecular formula is C12H19N5O4S. The molecular weight excluding hydrogens is 310 g/mol. The van der Waals surface area contributed by atoms with E-state index in [1.165, 1.54) is 19.4 Å². The van der Waals surface area contributed by atoms with Gasteiger partial charge in [-0.25, -0.2) is 4.98 Å². The number of nitrogens with one attached hydrogen (secondary N) is 3. The topological polar surface area (TPSA) is 150 Å². The van der Waals surface area contributed by atoms with Crippen LogP contribution in [0.15, 0.2) is 12.5 Å². The Morgan fingerprint density at radius 3 is 2.59 bits per heavy atom. The van der Waals surface area contributed by atoms with Crippen LogP contribution in [0.1, 0.15) is 12.6 Å². The van der Waals surface area contributed by atoms with Crippen LogP contribution < -0.4 is 16.4 Å². The molecule has 0 aliphatic heterocycles. The number of rotatable bonds is 8. The van der Waals surface area contributed by atoms with E-state index in [-0.39, 0.29) is 12.2 Å². The third kappa shape index (κ3) is 5.37. The Bertz CT molecular complexity index is 522. The van der Waals surface area contributed by atoms with Crippen LogP contribution in [-0.4, -0.2) is 56.7 Å². The van der Waals surface area contributed by atoms with E-state index in [1.807, 2.05) is 0 Å². The number of H-pyrrole nitrogens is 1. The maximum absolute atomic E-state index is 12.1. The Labute approximate surface area is 132 Å². The van der Waals surface area contributed by atoms with Crippen molar-refractivity contribution in [2.24, 2.45) is 5.73 Å². The quantitative estimate of drug-likeness (QED) is 0.312.